The summed E-state index contributed by atoms with van der Waals surface area (Å²) < 4.78 is 0. The maximum atomic E-state index is 11.3. The number of nitrogens with zero attached hydrogens (tertiary/aromatic N) is 1. The summed E-state index contributed by atoms with van der Waals surface area (Å²) in [5.41, 5.74) is 0.936. The van der Waals surface area contributed by atoms with Crippen LogP contribution in [-0.2, 0) is 4.79 Å². The van der Waals surface area contributed by atoms with Gasteiger partial charge in [-0.3, -0.25) is 10.1 Å². The average molecular weight is 259 g/mol. The fraction of sp³-hybridized carbons (Fsp3) is 0.467. The Morgan fingerprint density at radius 2 is 1.84 bits per heavy atom. The van der Waals surface area contributed by atoms with Gasteiger partial charge in [0, 0.05) is 12.6 Å². The van der Waals surface area contributed by atoms with Crippen LogP contribution in [0.5, 0.6) is 0 Å². The Hall–Kier alpha value is -1.84. The molecule has 102 valence electrons. The summed E-state index contributed by atoms with van der Waals surface area (Å²) in [7, 11) is 0. The van der Waals surface area contributed by atoms with E-state index >= 15 is 0 Å². The zero-order chi connectivity index (χ0) is 13.5. The number of guanidine groups is 1. The second-order valence-electron chi connectivity index (χ2n) is 4.94. The summed E-state index contributed by atoms with van der Waals surface area (Å²) in [6.07, 6.45) is 5.98. The van der Waals surface area contributed by atoms with Gasteiger partial charge in [-0.25, -0.2) is 4.99 Å². The van der Waals surface area contributed by atoms with Crippen LogP contribution in [0.2, 0.25) is 0 Å². The fourth-order valence-corrected chi connectivity index (χ4v) is 2.31. The highest BCUT2D eigenvalue weighted by Crippen LogP contribution is 2.20. The van der Waals surface area contributed by atoms with Crippen molar-refractivity contribution in [2.45, 2.75) is 45.1 Å². The molecule has 4 nitrogen and oxygen atoms in total. The number of anilines is 1. The lowest BCUT2D eigenvalue weighted by atomic mass is 9.96. The number of aliphatic imine (C=N–C) groups is 1. The second-order valence-corrected chi connectivity index (χ2v) is 4.94. The van der Waals surface area contributed by atoms with Gasteiger partial charge in [-0.1, -0.05) is 37.5 Å². The van der Waals surface area contributed by atoms with Gasteiger partial charge in [-0.2, -0.15) is 0 Å². The van der Waals surface area contributed by atoms with Crippen LogP contribution in [0.3, 0.4) is 0 Å². The molecule has 1 amide bonds. The van der Waals surface area contributed by atoms with Gasteiger partial charge in [0.15, 0.2) is 0 Å². The van der Waals surface area contributed by atoms with Crippen LogP contribution in [0.1, 0.15) is 39.0 Å². The molecule has 2 rings (SSSR count). The Morgan fingerprint density at radius 3 is 2.47 bits per heavy atom. The molecular weight excluding hydrogens is 238 g/mol. The maximum Gasteiger partial charge on any atom is 0.223 e. The van der Waals surface area contributed by atoms with Gasteiger partial charge >= 0.3 is 0 Å². The monoisotopic (exact) mass is 259 g/mol. The standard InChI is InChI=1S/C15H21N3O/c1-12(19)16-15(17-13-8-4-2-5-9-13)18-14-10-6-3-7-11-14/h2,4-5,8-9,14H,3,6-7,10-11H2,1H3,(H2,16,17,18,19). The minimum atomic E-state index is -0.0991. The highest BCUT2D eigenvalue weighted by atomic mass is 16.1. The topological polar surface area (TPSA) is 53.5 Å². The van der Waals surface area contributed by atoms with E-state index in [1.807, 2.05) is 30.3 Å². The van der Waals surface area contributed by atoms with Crippen molar-refractivity contribution in [3.8, 4) is 0 Å². The largest absolute Gasteiger partial charge is 0.326 e. The number of benzene rings is 1. The third-order valence-electron chi connectivity index (χ3n) is 3.22. The van der Waals surface area contributed by atoms with E-state index in [-0.39, 0.29) is 5.91 Å². The summed E-state index contributed by atoms with van der Waals surface area (Å²) in [6.45, 7) is 1.50. The van der Waals surface area contributed by atoms with E-state index < -0.39 is 0 Å². The number of carbonyl (C=O) groups excluding carboxylic acids is 1. The molecule has 1 fully saturated rings. The molecule has 1 saturated carbocycles. The molecule has 0 atom stereocenters. The van der Waals surface area contributed by atoms with Crippen molar-refractivity contribution in [2.24, 2.45) is 4.99 Å². The molecule has 0 aromatic heterocycles. The van der Waals surface area contributed by atoms with Gasteiger partial charge in [0.05, 0.1) is 6.04 Å². The van der Waals surface area contributed by atoms with Crippen molar-refractivity contribution in [1.29, 1.82) is 0 Å². The van der Waals surface area contributed by atoms with Gasteiger partial charge < -0.3 is 5.32 Å². The molecule has 0 bridgehead atoms. The Bertz CT molecular complexity index is 436. The summed E-state index contributed by atoms with van der Waals surface area (Å²) in [5.74, 6) is 0.462. The molecule has 19 heavy (non-hydrogen) atoms. The zero-order valence-corrected chi connectivity index (χ0v) is 11.4. The number of rotatable bonds is 2. The van der Waals surface area contributed by atoms with Crippen molar-refractivity contribution >= 4 is 17.6 Å². The molecule has 4 heteroatoms. The van der Waals surface area contributed by atoms with E-state index in [0.717, 1.165) is 18.5 Å². The molecule has 1 aromatic carbocycles. The Balaban J connectivity index is 2.06. The SMILES string of the molecule is CC(=O)NC(=NC1CCCCC1)Nc1ccccc1. The molecule has 1 aliphatic rings. The highest BCUT2D eigenvalue weighted by molar-refractivity contribution is 6.03. The highest BCUT2D eigenvalue weighted by Gasteiger charge is 2.13. The smallest absolute Gasteiger partial charge is 0.223 e. The summed E-state index contributed by atoms with van der Waals surface area (Å²) in [5, 5.41) is 5.95. The Labute approximate surface area is 114 Å². The lowest BCUT2D eigenvalue weighted by Gasteiger charge is -2.20. The van der Waals surface area contributed by atoms with Gasteiger partial charge in [0.2, 0.25) is 11.9 Å². The first-order valence-corrected chi connectivity index (χ1v) is 6.91. The molecule has 0 spiro atoms. The first-order valence-electron chi connectivity index (χ1n) is 6.91. The number of para-hydroxylation sites is 1. The summed E-state index contributed by atoms with van der Waals surface area (Å²) >= 11 is 0. The van der Waals surface area contributed by atoms with Crippen LogP contribution in [0.15, 0.2) is 35.3 Å². The Kier molecular flexibility index (Phi) is 4.95. The maximum absolute atomic E-state index is 11.3. The molecule has 0 saturated heterocycles. The van der Waals surface area contributed by atoms with E-state index in [2.05, 4.69) is 15.6 Å². The number of nitrogens with one attached hydrogen (secondary N) is 2. The van der Waals surface area contributed by atoms with E-state index in [0.29, 0.717) is 12.0 Å². The molecule has 0 radical (unpaired) electrons. The third-order valence-corrected chi connectivity index (χ3v) is 3.22. The van der Waals surface area contributed by atoms with Crippen molar-refractivity contribution in [3.63, 3.8) is 0 Å². The second kappa shape index (κ2) is 6.92. The average Bonchev–Trinajstić information content (AvgIpc) is 2.40. The normalized spacial score (nSPS) is 17.0. The van der Waals surface area contributed by atoms with Crippen molar-refractivity contribution in [3.05, 3.63) is 30.3 Å². The number of carbonyl (C=O) groups is 1. The first kappa shape index (κ1) is 13.6. The van der Waals surface area contributed by atoms with E-state index in [9.17, 15) is 4.79 Å². The minimum absolute atomic E-state index is 0.0991. The molecule has 2 N–H and O–H groups in total. The summed E-state index contributed by atoms with van der Waals surface area (Å²) in [4.78, 5) is 15.9. The van der Waals surface area contributed by atoms with Crippen LogP contribution in [-0.4, -0.2) is 17.9 Å². The van der Waals surface area contributed by atoms with Crippen LogP contribution in [0, 0.1) is 0 Å². The summed E-state index contributed by atoms with van der Waals surface area (Å²) in [6, 6.07) is 10.1. The molecule has 0 unspecified atom stereocenters. The van der Waals surface area contributed by atoms with Crippen molar-refractivity contribution in [2.75, 3.05) is 5.32 Å². The quantitative estimate of drug-likeness (QED) is 0.634. The molecule has 1 aromatic rings. The lowest BCUT2D eigenvalue weighted by molar-refractivity contribution is -0.117. The van der Waals surface area contributed by atoms with Crippen LogP contribution >= 0.6 is 0 Å². The molecule has 0 aliphatic heterocycles. The zero-order valence-electron chi connectivity index (χ0n) is 11.4. The van der Waals surface area contributed by atoms with E-state index in [1.54, 1.807) is 0 Å². The van der Waals surface area contributed by atoms with Gasteiger partial charge in [0.1, 0.15) is 0 Å². The van der Waals surface area contributed by atoms with Gasteiger partial charge in [-0.05, 0) is 25.0 Å². The third kappa shape index (κ3) is 4.73. The lowest BCUT2D eigenvalue weighted by Crippen LogP contribution is -2.35. The number of amides is 1. The molecule has 0 heterocycles. The predicted octanol–water partition coefficient (Wildman–Crippen LogP) is 2.92. The van der Waals surface area contributed by atoms with E-state index in [4.69, 9.17) is 0 Å². The van der Waals surface area contributed by atoms with Crippen molar-refractivity contribution < 1.29 is 4.79 Å². The van der Waals surface area contributed by atoms with Gasteiger partial charge in [0.25, 0.3) is 0 Å². The van der Waals surface area contributed by atoms with E-state index in [1.165, 1.54) is 26.2 Å². The van der Waals surface area contributed by atoms with Crippen molar-refractivity contribution in [1.82, 2.24) is 5.32 Å². The minimum Gasteiger partial charge on any atom is -0.326 e. The van der Waals surface area contributed by atoms with Crippen LogP contribution in [0.25, 0.3) is 0 Å². The number of hydrogen-bond donors (Lipinski definition) is 2. The molecular formula is C15H21N3O. The first-order chi connectivity index (χ1) is 9.24. The Morgan fingerprint density at radius 1 is 1.16 bits per heavy atom. The van der Waals surface area contributed by atoms with Crippen LogP contribution < -0.4 is 10.6 Å². The van der Waals surface area contributed by atoms with Crippen LogP contribution in [0.4, 0.5) is 5.69 Å². The number of hydrogen-bond acceptors (Lipinski definition) is 2. The molecule has 1 aliphatic carbocycles. The van der Waals surface area contributed by atoms with Gasteiger partial charge in [-0.15, -0.1) is 0 Å². The predicted molar refractivity (Wildman–Crippen MR) is 78.2 cm³/mol. The fourth-order valence-electron chi connectivity index (χ4n) is 2.31.